The molecule has 0 radical (unpaired) electrons. The number of hydrogen-bond acceptors (Lipinski definition) is 5. The molecule has 3 atom stereocenters. The lowest BCUT2D eigenvalue weighted by Crippen LogP contribution is -2.59. The molecule has 1 unspecified atom stereocenters. The molecular formula is C24H28ClFN4O2. The minimum absolute atomic E-state index is 0.0928. The number of rotatable bonds is 4. The number of hydrogen-bond donors (Lipinski definition) is 1. The molecule has 2 saturated heterocycles. The predicted octanol–water partition coefficient (Wildman–Crippen LogP) is 3.88. The van der Waals surface area contributed by atoms with Gasteiger partial charge in [-0.15, -0.1) is 0 Å². The molecule has 2 aromatic rings. The first-order chi connectivity index (χ1) is 15.4. The summed E-state index contributed by atoms with van der Waals surface area (Å²) in [4.78, 5) is 21.4. The third-order valence-corrected chi connectivity index (χ3v) is 8.42. The fraction of sp³-hybridized carbons (Fsp3) is 0.583. The van der Waals surface area contributed by atoms with Crippen molar-refractivity contribution in [1.82, 2.24) is 9.88 Å². The second-order valence-corrected chi connectivity index (χ2v) is 10.5. The van der Waals surface area contributed by atoms with E-state index in [9.17, 15) is 9.18 Å². The van der Waals surface area contributed by atoms with Crippen molar-refractivity contribution in [1.29, 1.82) is 0 Å². The molecule has 2 aliphatic heterocycles. The molecule has 6 nitrogen and oxygen atoms in total. The second-order valence-electron chi connectivity index (χ2n) is 10.1. The second kappa shape index (κ2) is 7.27. The van der Waals surface area contributed by atoms with E-state index in [4.69, 9.17) is 16.3 Å². The quantitative estimate of drug-likeness (QED) is 0.753. The molecule has 1 amide bonds. The van der Waals surface area contributed by atoms with E-state index in [-0.39, 0.29) is 18.4 Å². The molecule has 1 spiro atoms. The first-order valence-electron chi connectivity index (χ1n) is 11.5. The van der Waals surface area contributed by atoms with Crippen molar-refractivity contribution in [2.75, 3.05) is 49.6 Å². The Labute approximate surface area is 192 Å². The molecule has 4 aliphatic rings. The molecule has 2 aliphatic carbocycles. The molecule has 1 N–H and O–H groups in total. The van der Waals surface area contributed by atoms with Crippen LogP contribution in [0.15, 0.2) is 24.4 Å². The first-order valence-corrected chi connectivity index (χ1v) is 11.9. The molecule has 4 fully saturated rings. The van der Waals surface area contributed by atoms with Crippen LogP contribution >= 0.6 is 11.6 Å². The lowest BCUT2D eigenvalue weighted by molar-refractivity contribution is -0.117. The number of ether oxygens (including phenoxy) is 1. The molecular weight excluding hydrogens is 431 g/mol. The highest BCUT2D eigenvalue weighted by Gasteiger charge is 2.65. The van der Waals surface area contributed by atoms with Gasteiger partial charge in [0.1, 0.15) is 12.0 Å². The number of piperazine rings is 1. The topological polar surface area (TPSA) is 57.7 Å². The number of carbonyl (C=O) groups excluding carboxylic acids is 1. The zero-order valence-corrected chi connectivity index (χ0v) is 19.0. The summed E-state index contributed by atoms with van der Waals surface area (Å²) in [6.07, 6.45) is 4.20. The Morgan fingerprint density at radius 2 is 2.00 bits per heavy atom. The van der Waals surface area contributed by atoms with Crippen LogP contribution in [0.4, 0.5) is 15.9 Å². The number of fused-ring (bicyclic) bond motifs is 1. The van der Waals surface area contributed by atoms with Gasteiger partial charge in [-0.25, -0.2) is 9.37 Å². The molecule has 2 saturated carbocycles. The molecule has 6 rings (SSSR count). The Balaban J connectivity index is 1.18. The van der Waals surface area contributed by atoms with Crippen molar-refractivity contribution in [3.8, 4) is 0 Å². The van der Waals surface area contributed by atoms with Crippen LogP contribution < -0.4 is 10.2 Å². The lowest BCUT2D eigenvalue weighted by Gasteiger charge is -2.44. The van der Waals surface area contributed by atoms with Crippen molar-refractivity contribution < 1.29 is 13.9 Å². The summed E-state index contributed by atoms with van der Waals surface area (Å²) in [5.41, 5.74) is 0.748. The van der Waals surface area contributed by atoms with Gasteiger partial charge in [-0.05, 0) is 55.2 Å². The number of benzene rings is 1. The van der Waals surface area contributed by atoms with E-state index in [1.54, 1.807) is 6.20 Å². The van der Waals surface area contributed by atoms with E-state index in [1.807, 2.05) is 19.1 Å². The molecule has 8 heteroatoms. The Morgan fingerprint density at radius 1 is 1.22 bits per heavy atom. The largest absolute Gasteiger partial charge is 0.376 e. The van der Waals surface area contributed by atoms with Crippen LogP contribution in [0.1, 0.15) is 26.2 Å². The van der Waals surface area contributed by atoms with Crippen LogP contribution in [0.3, 0.4) is 0 Å². The smallest absolute Gasteiger partial charge is 0.229 e. The van der Waals surface area contributed by atoms with E-state index >= 15 is 0 Å². The minimum Gasteiger partial charge on any atom is -0.376 e. The van der Waals surface area contributed by atoms with Gasteiger partial charge in [0.25, 0.3) is 0 Å². The van der Waals surface area contributed by atoms with Crippen molar-refractivity contribution in [2.24, 2.45) is 11.3 Å². The summed E-state index contributed by atoms with van der Waals surface area (Å²) >= 11 is 6.63. The minimum atomic E-state index is -0.954. The Morgan fingerprint density at radius 3 is 2.66 bits per heavy atom. The van der Waals surface area contributed by atoms with E-state index in [1.165, 1.54) is 12.8 Å². The predicted molar refractivity (Wildman–Crippen MR) is 123 cm³/mol. The molecule has 0 bridgehead atoms. The van der Waals surface area contributed by atoms with Gasteiger partial charge in [0.2, 0.25) is 5.91 Å². The summed E-state index contributed by atoms with van der Waals surface area (Å²) in [7, 11) is 0. The number of carbonyl (C=O) groups is 1. The van der Waals surface area contributed by atoms with E-state index in [0.717, 1.165) is 49.1 Å². The third kappa shape index (κ3) is 3.37. The fourth-order valence-electron chi connectivity index (χ4n) is 5.50. The van der Waals surface area contributed by atoms with E-state index in [0.29, 0.717) is 22.9 Å². The first kappa shape index (κ1) is 20.6. The van der Waals surface area contributed by atoms with Crippen molar-refractivity contribution in [3.05, 3.63) is 29.4 Å². The third-order valence-electron chi connectivity index (χ3n) is 8.11. The number of amides is 1. The SMILES string of the molecule is C[C@]1(N2CCN(c3cc4cc(NC(=O)C5CC56CC6)ncc4cc3Cl)CC2)COC[C@H]1F. The van der Waals surface area contributed by atoms with Crippen LogP contribution in [0.5, 0.6) is 0 Å². The average Bonchev–Trinajstić information content (AvgIpc) is 3.70. The number of anilines is 2. The summed E-state index contributed by atoms with van der Waals surface area (Å²) in [5, 5.41) is 5.61. The van der Waals surface area contributed by atoms with Crippen LogP contribution in [-0.4, -0.2) is 66.9 Å². The maximum Gasteiger partial charge on any atom is 0.229 e. The molecule has 32 heavy (non-hydrogen) atoms. The van der Waals surface area contributed by atoms with Crippen molar-refractivity contribution >= 4 is 39.8 Å². The number of nitrogens with zero attached hydrogens (tertiary/aromatic N) is 3. The van der Waals surface area contributed by atoms with Gasteiger partial charge in [-0.2, -0.15) is 0 Å². The van der Waals surface area contributed by atoms with E-state index in [2.05, 4.69) is 26.2 Å². The van der Waals surface area contributed by atoms with E-state index < -0.39 is 11.7 Å². The van der Waals surface area contributed by atoms with Gasteiger partial charge in [0.05, 0.1) is 29.5 Å². The van der Waals surface area contributed by atoms with Crippen LogP contribution in [-0.2, 0) is 9.53 Å². The maximum absolute atomic E-state index is 14.4. The summed E-state index contributed by atoms with van der Waals surface area (Å²) < 4.78 is 19.8. The highest BCUT2D eigenvalue weighted by Crippen LogP contribution is 2.70. The normalized spacial score (nSPS) is 31.3. The van der Waals surface area contributed by atoms with Crippen molar-refractivity contribution in [3.63, 3.8) is 0 Å². The van der Waals surface area contributed by atoms with Gasteiger partial charge in [-0.1, -0.05) is 11.6 Å². The number of nitrogens with one attached hydrogen (secondary N) is 1. The van der Waals surface area contributed by atoms with Crippen LogP contribution in [0.2, 0.25) is 5.02 Å². The Kier molecular flexibility index (Phi) is 4.69. The molecule has 1 aromatic heterocycles. The highest BCUT2D eigenvalue weighted by molar-refractivity contribution is 6.34. The van der Waals surface area contributed by atoms with Gasteiger partial charge >= 0.3 is 0 Å². The maximum atomic E-state index is 14.4. The monoisotopic (exact) mass is 458 g/mol. The van der Waals surface area contributed by atoms with Crippen molar-refractivity contribution in [2.45, 2.75) is 37.9 Å². The van der Waals surface area contributed by atoms with Crippen LogP contribution in [0.25, 0.3) is 10.8 Å². The van der Waals surface area contributed by atoms with Gasteiger partial charge < -0.3 is 15.0 Å². The van der Waals surface area contributed by atoms with Gasteiger partial charge in [0.15, 0.2) is 0 Å². The zero-order chi connectivity index (χ0) is 22.1. The summed E-state index contributed by atoms with van der Waals surface area (Å²) in [5.74, 6) is 0.842. The Bertz CT molecular complexity index is 1090. The van der Waals surface area contributed by atoms with Gasteiger partial charge in [0, 0.05) is 43.7 Å². The number of pyridine rings is 1. The molecule has 3 heterocycles. The number of aromatic nitrogens is 1. The Hall–Kier alpha value is -1.96. The number of halogens is 2. The summed E-state index contributed by atoms with van der Waals surface area (Å²) in [6.45, 7) is 5.64. The molecule has 170 valence electrons. The average molecular weight is 459 g/mol. The lowest BCUT2D eigenvalue weighted by atomic mass is 9.96. The highest BCUT2D eigenvalue weighted by atomic mass is 35.5. The standard InChI is InChI=1S/C24H28ClFN4O2/c1-23(14-32-13-20(23)26)30-6-4-29(5-7-30)19-9-15-10-21(27-12-16(15)8-18(19)25)28-22(31)17-11-24(17)2-3-24/h8-10,12,17,20H,2-7,11,13-14H2,1H3,(H,27,28,31)/t17?,20-,23+/m1/s1. The summed E-state index contributed by atoms with van der Waals surface area (Å²) in [6, 6.07) is 5.93. The molecule has 1 aromatic carbocycles. The van der Waals surface area contributed by atoms with Crippen LogP contribution in [0, 0.1) is 11.3 Å². The zero-order valence-electron chi connectivity index (χ0n) is 18.2. The number of alkyl halides is 1. The van der Waals surface area contributed by atoms with Gasteiger partial charge in [-0.3, -0.25) is 9.69 Å². The fourth-order valence-corrected chi connectivity index (χ4v) is 5.79.